The van der Waals surface area contributed by atoms with Crippen molar-refractivity contribution in [1.82, 2.24) is 9.97 Å². The first-order chi connectivity index (χ1) is 5.86. The zero-order valence-corrected chi connectivity index (χ0v) is 8.47. The van der Waals surface area contributed by atoms with Crippen LogP contribution < -0.4 is 0 Å². The first kappa shape index (κ1) is 7.89. The van der Waals surface area contributed by atoms with Crippen LogP contribution in [-0.4, -0.2) is 9.97 Å². The van der Waals surface area contributed by atoms with Gasteiger partial charge < -0.3 is 0 Å². The third-order valence-corrected chi connectivity index (χ3v) is 2.64. The van der Waals surface area contributed by atoms with Crippen molar-refractivity contribution in [3.63, 3.8) is 0 Å². The lowest BCUT2D eigenvalue weighted by molar-refractivity contribution is 1.28. The van der Waals surface area contributed by atoms with Gasteiger partial charge in [0.05, 0.1) is 5.69 Å². The van der Waals surface area contributed by atoms with Gasteiger partial charge in [-0.05, 0) is 28.1 Å². The maximum atomic E-state index is 4.22. The van der Waals surface area contributed by atoms with Crippen LogP contribution in [0, 0.1) is 0 Å². The molecule has 2 heterocycles. The van der Waals surface area contributed by atoms with E-state index >= 15 is 0 Å². The average Bonchev–Trinajstić information content (AvgIpc) is 2.58. The molecule has 0 aromatic carbocycles. The molecule has 2 aromatic heterocycles. The second kappa shape index (κ2) is 3.33. The van der Waals surface area contributed by atoms with E-state index in [2.05, 4.69) is 25.9 Å². The smallest absolute Gasteiger partial charge is 0.141 e. The predicted molar refractivity (Wildman–Crippen MR) is 53.0 cm³/mol. The van der Waals surface area contributed by atoms with Crippen molar-refractivity contribution in [1.29, 1.82) is 0 Å². The number of aromatic nitrogens is 2. The average molecular weight is 241 g/mol. The third-order valence-electron chi connectivity index (χ3n) is 1.38. The van der Waals surface area contributed by atoms with Gasteiger partial charge in [0.25, 0.3) is 0 Å². The molecule has 0 atom stereocenters. The molecular weight excluding hydrogens is 236 g/mol. The Kier molecular flexibility index (Phi) is 2.19. The van der Waals surface area contributed by atoms with E-state index in [1.807, 2.05) is 17.5 Å². The highest BCUT2D eigenvalue weighted by Crippen LogP contribution is 2.20. The van der Waals surface area contributed by atoms with Crippen LogP contribution in [0.15, 0.2) is 34.4 Å². The van der Waals surface area contributed by atoms with E-state index in [-0.39, 0.29) is 0 Å². The van der Waals surface area contributed by atoms with Gasteiger partial charge in [0.1, 0.15) is 5.01 Å². The number of nitrogens with zero attached hydrogens (tertiary/aromatic N) is 2. The van der Waals surface area contributed by atoms with E-state index in [9.17, 15) is 0 Å². The van der Waals surface area contributed by atoms with Crippen LogP contribution in [0.4, 0.5) is 0 Å². The highest BCUT2D eigenvalue weighted by atomic mass is 79.9. The molecule has 12 heavy (non-hydrogen) atoms. The van der Waals surface area contributed by atoms with E-state index in [1.165, 1.54) is 0 Å². The maximum Gasteiger partial charge on any atom is 0.141 e. The third kappa shape index (κ3) is 1.54. The Bertz CT molecular complexity index is 355. The van der Waals surface area contributed by atoms with Gasteiger partial charge in [-0.1, -0.05) is 0 Å². The van der Waals surface area contributed by atoms with Crippen molar-refractivity contribution in [2.24, 2.45) is 0 Å². The molecule has 2 aromatic rings. The van der Waals surface area contributed by atoms with Crippen LogP contribution in [0.5, 0.6) is 0 Å². The zero-order chi connectivity index (χ0) is 8.39. The molecule has 0 aliphatic carbocycles. The Morgan fingerprint density at radius 1 is 1.25 bits per heavy atom. The minimum atomic E-state index is 0.924. The quantitative estimate of drug-likeness (QED) is 0.767. The molecule has 0 aliphatic heterocycles. The standard InChI is InChI=1S/C8H5BrN2S/c9-6-1-2-7(11-5-6)8-10-3-4-12-8/h1-5H. The molecule has 2 rings (SSSR count). The predicted octanol–water partition coefficient (Wildman–Crippen LogP) is 2.97. The zero-order valence-electron chi connectivity index (χ0n) is 6.07. The molecular formula is C8H5BrN2S. The Balaban J connectivity index is 2.43. The van der Waals surface area contributed by atoms with Crippen LogP contribution in [0.1, 0.15) is 0 Å². The SMILES string of the molecule is Brc1ccc(-c2nccs2)nc1. The Hall–Kier alpha value is -0.740. The van der Waals surface area contributed by atoms with Crippen LogP contribution in [0.2, 0.25) is 0 Å². The van der Waals surface area contributed by atoms with Crippen LogP contribution in [-0.2, 0) is 0 Å². The van der Waals surface area contributed by atoms with Gasteiger partial charge in [-0.3, -0.25) is 4.98 Å². The van der Waals surface area contributed by atoms with Gasteiger partial charge in [-0.25, -0.2) is 4.98 Å². The summed E-state index contributed by atoms with van der Waals surface area (Å²) in [6.45, 7) is 0. The van der Waals surface area contributed by atoms with Crippen molar-refractivity contribution in [2.75, 3.05) is 0 Å². The molecule has 0 aliphatic rings. The van der Waals surface area contributed by atoms with E-state index in [4.69, 9.17) is 0 Å². The summed E-state index contributed by atoms with van der Waals surface area (Å²) in [5, 5.41) is 2.90. The van der Waals surface area contributed by atoms with Gasteiger partial charge >= 0.3 is 0 Å². The van der Waals surface area contributed by atoms with Crippen molar-refractivity contribution in [2.45, 2.75) is 0 Å². The minimum absolute atomic E-state index is 0.924. The molecule has 0 radical (unpaired) electrons. The number of halogens is 1. The first-order valence-corrected chi connectivity index (χ1v) is 5.05. The lowest BCUT2D eigenvalue weighted by Gasteiger charge is -1.93. The van der Waals surface area contributed by atoms with E-state index in [1.54, 1.807) is 23.7 Å². The molecule has 0 spiro atoms. The normalized spacial score (nSPS) is 10.1. The van der Waals surface area contributed by atoms with E-state index in [0.29, 0.717) is 0 Å². The molecule has 2 nitrogen and oxygen atoms in total. The van der Waals surface area contributed by atoms with E-state index < -0.39 is 0 Å². The fourth-order valence-electron chi connectivity index (χ4n) is 0.852. The van der Waals surface area contributed by atoms with Crippen LogP contribution in [0.25, 0.3) is 10.7 Å². The van der Waals surface area contributed by atoms with Crippen molar-refractivity contribution in [3.05, 3.63) is 34.4 Å². The van der Waals surface area contributed by atoms with Gasteiger partial charge in [0, 0.05) is 22.2 Å². The van der Waals surface area contributed by atoms with Gasteiger partial charge in [-0.15, -0.1) is 11.3 Å². The molecule has 60 valence electrons. The fourth-order valence-corrected chi connectivity index (χ4v) is 1.70. The molecule has 0 amide bonds. The molecule has 0 unspecified atom stereocenters. The summed E-state index contributed by atoms with van der Waals surface area (Å²) in [6.07, 6.45) is 3.56. The highest BCUT2D eigenvalue weighted by molar-refractivity contribution is 9.10. The minimum Gasteiger partial charge on any atom is -0.253 e. The first-order valence-electron chi connectivity index (χ1n) is 3.38. The second-order valence-corrected chi connectivity index (χ2v) is 4.01. The number of thiazole rings is 1. The topological polar surface area (TPSA) is 25.8 Å². The summed E-state index contributed by atoms with van der Waals surface area (Å²) in [5.74, 6) is 0. The summed E-state index contributed by atoms with van der Waals surface area (Å²) in [5.41, 5.74) is 0.924. The fraction of sp³-hybridized carbons (Fsp3) is 0. The second-order valence-electron chi connectivity index (χ2n) is 2.20. The van der Waals surface area contributed by atoms with Crippen molar-refractivity contribution >= 4 is 27.3 Å². The molecule has 0 fully saturated rings. The molecule has 0 N–H and O–H groups in total. The monoisotopic (exact) mass is 240 g/mol. The summed E-state index contributed by atoms with van der Waals surface area (Å²) in [7, 11) is 0. The van der Waals surface area contributed by atoms with Gasteiger partial charge in [-0.2, -0.15) is 0 Å². The van der Waals surface area contributed by atoms with Crippen LogP contribution >= 0.6 is 27.3 Å². The Morgan fingerprint density at radius 3 is 2.75 bits per heavy atom. The number of hydrogen-bond donors (Lipinski definition) is 0. The molecule has 0 bridgehead atoms. The molecule has 4 heteroatoms. The highest BCUT2D eigenvalue weighted by Gasteiger charge is 1.99. The van der Waals surface area contributed by atoms with E-state index in [0.717, 1.165) is 15.2 Å². The number of hydrogen-bond acceptors (Lipinski definition) is 3. The lowest BCUT2D eigenvalue weighted by atomic mass is 10.4. The van der Waals surface area contributed by atoms with Crippen molar-refractivity contribution in [3.8, 4) is 10.7 Å². The largest absolute Gasteiger partial charge is 0.253 e. The summed E-state index contributed by atoms with van der Waals surface area (Å²) in [6, 6.07) is 3.91. The van der Waals surface area contributed by atoms with Gasteiger partial charge in [0.2, 0.25) is 0 Å². The maximum absolute atomic E-state index is 4.22. The molecule has 0 saturated carbocycles. The van der Waals surface area contributed by atoms with Crippen molar-refractivity contribution < 1.29 is 0 Å². The summed E-state index contributed by atoms with van der Waals surface area (Å²) in [4.78, 5) is 8.38. The van der Waals surface area contributed by atoms with Crippen LogP contribution in [0.3, 0.4) is 0 Å². The number of pyridine rings is 1. The Morgan fingerprint density at radius 2 is 2.17 bits per heavy atom. The summed E-state index contributed by atoms with van der Waals surface area (Å²) >= 11 is 4.92. The van der Waals surface area contributed by atoms with Gasteiger partial charge in [0.15, 0.2) is 0 Å². The number of rotatable bonds is 1. The molecule has 0 saturated heterocycles. The Labute approximate surface area is 82.4 Å². The summed E-state index contributed by atoms with van der Waals surface area (Å²) < 4.78 is 0.989. The lowest BCUT2D eigenvalue weighted by Crippen LogP contribution is -1.79.